The minimum absolute atomic E-state index is 0.0924. The average Bonchev–Trinajstić information content (AvgIpc) is 2.41. The van der Waals surface area contributed by atoms with Crippen LogP contribution in [-0.2, 0) is 4.79 Å². The Hall–Kier alpha value is -1.71. The van der Waals surface area contributed by atoms with Crippen LogP contribution in [0.2, 0.25) is 0 Å². The molecule has 0 fully saturated rings. The zero-order chi connectivity index (χ0) is 13.9. The van der Waals surface area contributed by atoms with Crippen LogP contribution in [0.1, 0.15) is 33.1 Å². The monoisotopic (exact) mass is 264 g/mol. The van der Waals surface area contributed by atoms with Crippen molar-refractivity contribution in [2.75, 3.05) is 25.0 Å². The van der Waals surface area contributed by atoms with E-state index >= 15 is 0 Å². The number of para-hydroxylation sites is 2. The quantitative estimate of drug-likeness (QED) is 0.674. The van der Waals surface area contributed by atoms with E-state index in [1.54, 1.807) is 0 Å². The standard InChI is InChI=1S/C15H24N2O2/c1-3-5-11-17-15(18)10-12-16-13-8-6-7-9-14(13)19-4-2/h6-9,16H,3-5,10-12H2,1-2H3,(H,17,18). The number of benzene rings is 1. The fourth-order valence-corrected chi connectivity index (χ4v) is 1.70. The number of carbonyl (C=O) groups excluding carboxylic acids is 1. The average molecular weight is 264 g/mol. The third-order valence-corrected chi connectivity index (χ3v) is 2.71. The van der Waals surface area contributed by atoms with Gasteiger partial charge in [-0.15, -0.1) is 0 Å². The SMILES string of the molecule is CCCCNC(=O)CCNc1ccccc1OCC. The highest BCUT2D eigenvalue weighted by atomic mass is 16.5. The lowest BCUT2D eigenvalue weighted by atomic mass is 10.2. The van der Waals surface area contributed by atoms with Crippen LogP contribution in [0.15, 0.2) is 24.3 Å². The Balaban J connectivity index is 2.30. The van der Waals surface area contributed by atoms with Crippen molar-refractivity contribution in [2.45, 2.75) is 33.1 Å². The minimum atomic E-state index is 0.0924. The molecule has 0 aliphatic carbocycles. The van der Waals surface area contributed by atoms with E-state index in [-0.39, 0.29) is 5.91 Å². The number of carbonyl (C=O) groups is 1. The Labute approximate surface area is 115 Å². The van der Waals surface area contributed by atoms with E-state index in [1.165, 1.54) is 0 Å². The first-order valence-corrected chi connectivity index (χ1v) is 7.00. The second-order valence-electron chi connectivity index (χ2n) is 4.31. The van der Waals surface area contributed by atoms with Crippen molar-refractivity contribution in [1.29, 1.82) is 0 Å². The summed E-state index contributed by atoms with van der Waals surface area (Å²) in [6.45, 7) is 6.08. The molecule has 0 aromatic heterocycles. The van der Waals surface area contributed by atoms with Crippen LogP contribution in [-0.4, -0.2) is 25.6 Å². The van der Waals surface area contributed by atoms with E-state index in [1.807, 2.05) is 31.2 Å². The minimum Gasteiger partial charge on any atom is -0.492 e. The Morgan fingerprint density at radius 1 is 1.21 bits per heavy atom. The molecule has 0 bridgehead atoms. The summed E-state index contributed by atoms with van der Waals surface area (Å²) in [7, 11) is 0. The van der Waals surface area contributed by atoms with Gasteiger partial charge in [-0.3, -0.25) is 4.79 Å². The number of nitrogens with one attached hydrogen (secondary N) is 2. The van der Waals surface area contributed by atoms with Gasteiger partial charge in [0.1, 0.15) is 5.75 Å². The molecule has 4 heteroatoms. The molecule has 106 valence electrons. The van der Waals surface area contributed by atoms with E-state index in [0.29, 0.717) is 19.6 Å². The van der Waals surface area contributed by atoms with E-state index in [0.717, 1.165) is 30.8 Å². The number of hydrogen-bond donors (Lipinski definition) is 2. The van der Waals surface area contributed by atoms with Crippen LogP contribution in [0, 0.1) is 0 Å². The van der Waals surface area contributed by atoms with Crippen LogP contribution >= 0.6 is 0 Å². The summed E-state index contributed by atoms with van der Waals surface area (Å²) in [5, 5.41) is 6.13. The third kappa shape index (κ3) is 6.13. The second-order valence-corrected chi connectivity index (χ2v) is 4.31. The van der Waals surface area contributed by atoms with Crippen molar-refractivity contribution >= 4 is 11.6 Å². The second kappa shape index (κ2) is 9.25. The highest BCUT2D eigenvalue weighted by Gasteiger charge is 2.03. The van der Waals surface area contributed by atoms with Gasteiger partial charge < -0.3 is 15.4 Å². The molecule has 1 aromatic rings. The lowest BCUT2D eigenvalue weighted by Crippen LogP contribution is -2.26. The molecule has 2 N–H and O–H groups in total. The maximum atomic E-state index is 11.5. The Morgan fingerprint density at radius 3 is 2.74 bits per heavy atom. The molecule has 0 saturated carbocycles. The fourth-order valence-electron chi connectivity index (χ4n) is 1.70. The number of rotatable bonds is 9. The summed E-state index contributed by atoms with van der Waals surface area (Å²) in [6.07, 6.45) is 2.61. The fraction of sp³-hybridized carbons (Fsp3) is 0.533. The number of amides is 1. The molecular weight excluding hydrogens is 240 g/mol. The van der Waals surface area contributed by atoms with Crippen molar-refractivity contribution in [3.8, 4) is 5.75 Å². The molecule has 1 rings (SSSR count). The summed E-state index contributed by atoms with van der Waals surface area (Å²) in [5.74, 6) is 0.922. The summed E-state index contributed by atoms with van der Waals surface area (Å²) in [6, 6.07) is 7.77. The molecule has 4 nitrogen and oxygen atoms in total. The Morgan fingerprint density at radius 2 is 2.00 bits per heavy atom. The first-order chi connectivity index (χ1) is 9.27. The largest absolute Gasteiger partial charge is 0.492 e. The number of anilines is 1. The normalized spacial score (nSPS) is 10.0. The van der Waals surface area contributed by atoms with Crippen molar-refractivity contribution < 1.29 is 9.53 Å². The number of ether oxygens (including phenoxy) is 1. The first-order valence-electron chi connectivity index (χ1n) is 7.00. The molecule has 0 heterocycles. The highest BCUT2D eigenvalue weighted by Crippen LogP contribution is 2.23. The Kier molecular flexibility index (Phi) is 7.47. The predicted molar refractivity (Wildman–Crippen MR) is 78.6 cm³/mol. The van der Waals surface area contributed by atoms with Gasteiger partial charge in [0.15, 0.2) is 0 Å². The molecule has 0 spiro atoms. The van der Waals surface area contributed by atoms with Gasteiger partial charge in [-0.25, -0.2) is 0 Å². The number of unbranched alkanes of at least 4 members (excludes halogenated alkanes) is 1. The summed E-state index contributed by atoms with van der Waals surface area (Å²) in [4.78, 5) is 11.5. The first kappa shape index (κ1) is 15.3. The zero-order valence-corrected chi connectivity index (χ0v) is 11.9. The molecule has 19 heavy (non-hydrogen) atoms. The topological polar surface area (TPSA) is 50.4 Å². The molecular formula is C15H24N2O2. The van der Waals surface area contributed by atoms with Gasteiger partial charge >= 0.3 is 0 Å². The number of hydrogen-bond acceptors (Lipinski definition) is 3. The highest BCUT2D eigenvalue weighted by molar-refractivity contribution is 5.76. The maximum absolute atomic E-state index is 11.5. The van der Waals surface area contributed by atoms with Gasteiger partial charge in [0.2, 0.25) is 5.91 Å². The van der Waals surface area contributed by atoms with Crippen LogP contribution in [0.3, 0.4) is 0 Å². The van der Waals surface area contributed by atoms with Crippen LogP contribution in [0.25, 0.3) is 0 Å². The molecule has 1 amide bonds. The maximum Gasteiger partial charge on any atom is 0.221 e. The predicted octanol–water partition coefficient (Wildman–Crippen LogP) is 2.80. The lowest BCUT2D eigenvalue weighted by Gasteiger charge is -2.12. The Bertz CT molecular complexity index is 380. The zero-order valence-electron chi connectivity index (χ0n) is 11.9. The van der Waals surface area contributed by atoms with Crippen molar-refractivity contribution in [3.63, 3.8) is 0 Å². The van der Waals surface area contributed by atoms with Crippen molar-refractivity contribution in [3.05, 3.63) is 24.3 Å². The molecule has 0 saturated heterocycles. The van der Waals surface area contributed by atoms with Gasteiger partial charge in [0.05, 0.1) is 12.3 Å². The summed E-state index contributed by atoms with van der Waals surface area (Å²) < 4.78 is 5.51. The lowest BCUT2D eigenvalue weighted by molar-refractivity contribution is -0.120. The molecule has 0 aliphatic heterocycles. The molecule has 0 atom stereocenters. The van der Waals surface area contributed by atoms with Gasteiger partial charge in [-0.05, 0) is 25.5 Å². The van der Waals surface area contributed by atoms with Gasteiger partial charge in [-0.2, -0.15) is 0 Å². The molecule has 1 aromatic carbocycles. The van der Waals surface area contributed by atoms with Crippen LogP contribution in [0.5, 0.6) is 5.75 Å². The van der Waals surface area contributed by atoms with Crippen LogP contribution in [0.4, 0.5) is 5.69 Å². The molecule has 0 radical (unpaired) electrons. The molecule has 0 unspecified atom stereocenters. The molecule has 0 aliphatic rings. The van der Waals surface area contributed by atoms with E-state index in [9.17, 15) is 4.79 Å². The van der Waals surface area contributed by atoms with Gasteiger partial charge in [-0.1, -0.05) is 25.5 Å². The van der Waals surface area contributed by atoms with E-state index in [2.05, 4.69) is 17.6 Å². The van der Waals surface area contributed by atoms with E-state index in [4.69, 9.17) is 4.74 Å². The smallest absolute Gasteiger partial charge is 0.221 e. The van der Waals surface area contributed by atoms with Gasteiger partial charge in [0.25, 0.3) is 0 Å². The summed E-state index contributed by atoms with van der Waals surface area (Å²) >= 11 is 0. The van der Waals surface area contributed by atoms with Crippen molar-refractivity contribution in [1.82, 2.24) is 5.32 Å². The van der Waals surface area contributed by atoms with Gasteiger partial charge in [0, 0.05) is 19.5 Å². The summed E-state index contributed by atoms with van der Waals surface area (Å²) in [5.41, 5.74) is 0.936. The third-order valence-electron chi connectivity index (χ3n) is 2.71. The van der Waals surface area contributed by atoms with E-state index < -0.39 is 0 Å². The van der Waals surface area contributed by atoms with Crippen molar-refractivity contribution in [2.24, 2.45) is 0 Å². The van der Waals surface area contributed by atoms with Crippen LogP contribution < -0.4 is 15.4 Å².